The Balaban J connectivity index is 0.000000294. The zero-order valence-corrected chi connectivity index (χ0v) is 58.1. The minimum absolute atomic E-state index is 0.0173. The average molecular weight is 1350 g/mol. The van der Waals surface area contributed by atoms with Crippen molar-refractivity contribution >= 4 is 107 Å². The van der Waals surface area contributed by atoms with Gasteiger partial charge in [-0.25, -0.2) is 13.2 Å². The molecule has 5 aromatic rings. The van der Waals surface area contributed by atoms with Crippen LogP contribution in [0, 0.1) is 22.7 Å². The van der Waals surface area contributed by atoms with Crippen molar-refractivity contribution in [3.8, 4) is 0 Å². The summed E-state index contributed by atoms with van der Waals surface area (Å²) in [5.41, 5.74) is 2.09. The number of ketones is 1. The first-order chi connectivity index (χ1) is 42.0. The summed E-state index contributed by atoms with van der Waals surface area (Å²) in [4.78, 5) is 95.4. The van der Waals surface area contributed by atoms with E-state index in [1.54, 1.807) is 100 Å². The highest BCUT2D eigenvalue weighted by Gasteiger charge is 2.55. The largest absolute Gasteiger partial charge is 0.481 e. The molecule has 2 aliphatic rings. The molecule has 0 radical (unpaired) electrons. The van der Waals surface area contributed by atoms with Gasteiger partial charge in [0, 0.05) is 81.2 Å². The van der Waals surface area contributed by atoms with E-state index >= 15 is 4.79 Å². The van der Waals surface area contributed by atoms with E-state index in [-0.39, 0.29) is 78.5 Å². The van der Waals surface area contributed by atoms with Gasteiger partial charge in [-0.2, -0.15) is 8.73 Å². The van der Waals surface area contributed by atoms with E-state index in [1.165, 1.54) is 21.0 Å². The highest BCUT2D eigenvalue weighted by molar-refractivity contribution is 7.94. The predicted molar refractivity (Wildman–Crippen MR) is 359 cm³/mol. The number of benzene rings is 5. The number of Topliss-reactive ketones (excluding diaryl/α,β-unsaturated/α-hetero) is 1. The van der Waals surface area contributed by atoms with Gasteiger partial charge in [-0.3, -0.25) is 28.8 Å². The number of halogens is 4. The van der Waals surface area contributed by atoms with Crippen molar-refractivity contribution in [1.29, 1.82) is 0 Å². The fourth-order valence-electron chi connectivity index (χ4n) is 12.5. The molecule has 4 amide bonds. The molecule has 1 N–H and O–H groups in total. The van der Waals surface area contributed by atoms with Crippen molar-refractivity contribution in [2.45, 2.75) is 162 Å². The van der Waals surface area contributed by atoms with Crippen molar-refractivity contribution in [3.63, 3.8) is 0 Å². The number of carboxylic acid groups (broad SMARTS) is 1. The van der Waals surface area contributed by atoms with Gasteiger partial charge in [0.1, 0.15) is 5.78 Å². The van der Waals surface area contributed by atoms with Gasteiger partial charge in [0.05, 0.1) is 73.0 Å². The van der Waals surface area contributed by atoms with Gasteiger partial charge in [-0.15, -0.1) is 0 Å². The number of hydrogen-bond donors (Lipinski definition) is 1. The summed E-state index contributed by atoms with van der Waals surface area (Å²) in [6.45, 7) is 20.9. The molecule has 21 heteroatoms. The summed E-state index contributed by atoms with van der Waals surface area (Å²) in [5.74, 6) is -4.39. The molecule has 0 aliphatic carbocycles. The van der Waals surface area contributed by atoms with Crippen molar-refractivity contribution < 1.29 is 51.8 Å². The number of rotatable bonds is 21. The lowest BCUT2D eigenvalue weighted by molar-refractivity contribution is -0.161. The molecule has 0 saturated carbocycles. The van der Waals surface area contributed by atoms with Gasteiger partial charge in [0.15, 0.2) is 0 Å². The highest BCUT2D eigenvalue weighted by atomic mass is 35.5. The topological polar surface area (TPSA) is 214 Å². The number of nitrogens with zero attached hydrogens (tertiary/aromatic N) is 4. The summed E-state index contributed by atoms with van der Waals surface area (Å²) in [7, 11) is -4.85. The Morgan fingerprint density at radius 1 is 0.567 bits per heavy atom. The second-order valence-corrected chi connectivity index (χ2v) is 33.0. The summed E-state index contributed by atoms with van der Waals surface area (Å²) in [6, 6.07) is 33.9. The molecule has 10 atom stereocenters. The Labute approximate surface area is 551 Å². The smallest absolute Gasteiger partial charge is 0.337 e. The number of amides is 4. The molecule has 7 rings (SSSR count). The Hall–Kier alpha value is -5.95. The number of esters is 1. The van der Waals surface area contributed by atoms with E-state index in [0.29, 0.717) is 37.6 Å². The van der Waals surface area contributed by atoms with E-state index in [1.807, 2.05) is 100 Å². The SMILES string of the molecule is CC(=O)N=S(=O)(C[C@H](C(C)C)N1C(=O)[C@@](C)(CC(=O)O)C[C@H](c2cccc(Cl)c2)[C@H]1c1ccc(Cl)cc1)C(C)C.COC(=O)c1ccc(CC(=O)C[C@@]2(C)C[C@H](c3cccc(Cl)c3)[C@@H](c3ccc(Cl)cc3)N([C@H](CS(=O)(=NC(C)=O)C(C)C)C(C)C)C2=O)cc1. The average Bonchev–Trinajstić information content (AvgIpc) is 0.744. The number of piperidine rings is 2. The van der Waals surface area contributed by atoms with Gasteiger partial charge in [-0.1, -0.05) is 176 Å². The summed E-state index contributed by atoms with van der Waals surface area (Å²) < 4.78 is 41.5. The summed E-state index contributed by atoms with van der Waals surface area (Å²) in [6.07, 6.45) is 0.261. The number of carbonyl (C=O) groups is 7. The number of carbonyl (C=O) groups excluding carboxylic acids is 6. The molecule has 15 nitrogen and oxygen atoms in total. The molecular weight excluding hydrogens is 1270 g/mol. The second kappa shape index (κ2) is 30.7. The fourth-order valence-corrected chi connectivity index (χ4v) is 17.5. The molecule has 486 valence electrons. The van der Waals surface area contributed by atoms with E-state index in [9.17, 15) is 42.3 Å². The lowest BCUT2D eigenvalue weighted by Crippen LogP contribution is -2.59. The molecule has 2 aliphatic heterocycles. The lowest BCUT2D eigenvalue weighted by Gasteiger charge is -2.53. The fraction of sp³-hybridized carbons (Fsp3) is 0.464. The van der Waals surface area contributed by atoms with Gasteiger partial charge in [0.25, 0.3) is 11.8 Å². The van der Waals surface area contributed by atoms with Crippen LogP contribution in [0.5, 0.6) is 0 Å². The molecule has 2 fully saturated rings. The van der Waals surface area contributed by atoms with Crippen LogP contribution in [0.25, 0.3) is 0 Å². The number of carboxylic acids is 1. The first-order valence-electron chi connectivity index (χ1n) is 30.1. The molecular formula is C69H84Cl4N4O11S2. The van der Waals surface area contributed by atoms with E-state index in [0.717, 1.165) is 22.3 Å². The van der Waals surface area contributed by atoms with E-state index < -0.39 is 88.7 Å². The van der Waals surface area contributed by atoms with Crippen molar-refractivity contribution in [2.24, 2.45) is 31.4 Å². The number of aliphatic carboxylic acids is 1. The van der Waals surface area contributed by atoms with Gasteiger partial charge in [-0.05, 0) is 113 Å². The number of likely N-dealkylation sites (tertiary alicyclic amines) is 2. The second-order valence-electron chi connectivity index (χ2n) is 25.6. The molecule has 90 heavy (non-hydrogen) atoms. The van der Waals surface area contributed by atoms with Crippen LogP contribution in [0.4, 0.5) is 0 Å². The Morgan fingerprint density at radius 2 is 0.944 bits per heavy atom. The van der Waals surface area contributed by atoms with Crippen LogP contribution < -0.4 is 0 Å². The van der Waals surface area contributed by atoms with Crippen molar-refractivity contribution in [3.05, 3.63) is 175 Å². The van der Waals surface area contributed by atoms with E-state index in [4.69, 9.17) is 51.1 Å². The quantitative estimate of drug-likeness (QED) is 0.0682. The van der Waals surface area contributed by atoms with E-state index in [2.05, 4.69) is 8.73 Å². The third kappa shape index (κ3) is 17.8. The van der Waals surface area contributed by atoms with Crippen molar-refractivity contribution in [1.82, 2.24) is 9.80 Å². The third-order valence-corrected chi connectivity index (χ3v) is 23.9. The molecule has 5 aromatic carbocycles. The van der Waals surface area contributed by atoms with Gasteiger partial charge >= 0.3 is 11.9 Å². The van der Waals surface area contributed by atoms with Crippen LogP contribution in [-0.4, -0.2) is 106 Å². The zero-order valence-electron chi connectivity index (χ0n) is 53.4. The summed E-state index contributed by atoms with van der Waals surface area (Å²) in [5, 5.41) is 11.1. The maximum atomic E-state index is 15.2. The van der Waals surface area contributed by atoms with Crippen LogP contribution in [0.2, 0.25) is 20.1 Å². The van der Waals surface area contributed by atoms with Crippen LogP contribution in [-0.2, 0) is 59.4 Å². The van der Waals surface area contributed by atoms with Crippen LogP contribution in [0.3, 0.4) is 0 Å². The highest BCUT2D eigenvalue weighted by Crippen LogP contribution is 2.55. The Morgan fingerprint density at radius 3 is 1.27 bits per heavy atom. The Kier molecular flexibility index (Phi) is 24.9. The van der Waals surface area contributed by atoms with Gasteiger partial charge < -0.3 is 19.6 Å². The van der Waals surface area contributed by atoms with Crippen LogP contribution >= 0.6 is 46.4 Å². The standard InChI is InChI=1S/C39H46Cl2N2O6S.C30H38Cl2N2O5S/c1-24(2)35(23-50(48,25(3)4)42-26(5)44)43-36(28-15-17-31(40)18-16-28)34(30-9-8-10-32(41)20-30)22-39(6,38(43)47)21-33(45)19-27-11-13-29(14-12-27)37(46)49-7;1-18(2)26(17-40(39,19(3)4)33-20(5)35)34-28(21-10-12-23(31)13-11-21)25(22-8-7-9-24(32)14-22)15-30(6,29(34)38)16-27(36)37/h8-18,20,24-25,34-36H,19,21-23H2,1-7H3;7-14,18-19,25-26,28H,15-17H2,1-6H3,(H,36,37)/t34-,35-,36-,39+,50?;25-,26-,28-,30-,40?/m11/s1. The maximum absolute atomic E-state index is 15.2. The number of ether oxygens (including phenoxy) is 1. The summed E-state index contributed by atoms with van der Waals surface area (Å²) >= 11 is 25.5. The predicted octanol–water partition coefficient (Wildman–Crippen LogP) is 15.5. The lowest BCUT2D eigenvalue weighted by atomic mass is 9.66. The molecule has 0 bridgehead atoms. The molecule has 2 saturated heterocycles. The molecule has 2 heterocycles. The van der Waals surface area contributed by atoms with Crippen LogP contribution in [0.1, 0.15) is 171 Å². The maximum Gasteiger partial charge on any atom is 0.337 e. The van der Waals surface area contributed by atoms with Gasteiger partial charge in [0.2, 0.25) is 11.8 Å². The zero-order chi connectivity index (χ0) is 67.0. The molecule has 2 unspecified atom stereocenters. The minimum Gasteiger partial charge on any atom is -0.481 e. The van der Waals surface area contributed by atoms with Crippen LogP contribution in [0.15, 0.2) is 130 Å². The minimum atomic E-state index is -3.10. The molecule has 0 spiro atoms. The first-order valence-corrected chi connectivity index (χ1v) is 35.1. The molecule has 0 aromatic heterocycles. The van der Waals surface area contributed by atoms with Crippen molar-refractivity contribution in [2.75, 3.05) is 18.6 Å². The normalized spacial score (nSPS) is 22.2. The number of methoxy groups -OCH3 is 1. The number of hydrogen-bond acceptors (Lipinski definition) is 10. The monoisotopic (exact) mass is 1350 g/mol. The Bertz CT molecular complexity index is 3710. The first kappa shape index (κ1) is 73.1. The third-order valence-electron chi connectivity index (χ3n) is 17.2.